The first-order valence-corrected chi connectivity index (χ1v) is 7.35. The quantitative estimate of drug-likeness (QED) is 0.755. The van der Waals surface area contributed by atoms with Gasteiger partial charge in [-0.05, 0) is 35.1 Å². The SMILES string of the molecule is CC(C)c1cc(F)cc(CC(=O)CC2CCCC2)c1. The molecule has 0 bridgehead atoms. The number of benzene rings is 1. The van der Waals surface area contributed by atoms with Crippen molar-refractivity contribution in [2.75, 3.05) is 0 Å². The van der Waals surface area contributed by atoms with Gasteiger partial charge < -0.3 is 0 Å². The Morgan fingerprint density at radius 2 is 1.95 bits per heavy atom. The Morgan fingerprint density at radius 1 is 1.26 bits per heavy atom. The van der Waals surface area contributed by atoms with Gasteiger partial charge in [0.05, 0.1) is 0 Å². The fraction of sp³-hybridized carbons (Fsp3) is 0.588. The van der Waals surface area contributed by atoms with Gasteiger partial charge in [-0.15, -0.1) is 0 Å². The molecule has 2 heteroatoms. The molecule has 1 aliphatic carbocycles. The minimum atomic E-state index is -0.227. The number of hydrogen-bond donors (Lipinski definition) is 0. The van der Waals surface area contributed by atoms with Crippen LogP contribution in [0.2, 0.25) is 0 Å². The van der Waals surface area contributed by atoms with Gasteiger partial charge in [0.25, 0.3) is 0 Å². The zero-order valence-corrected chi connectivity index (χ0v) is 11.9. The molecule has 0 N–H and O–H groups in total. The first-order chi connectivity index (χ1) is 9.04. The van der Waals surface area contributed by atoms with E-state index in [1.54, 1.807) is 6.07 Å². The maximum Gasteiger partial charge on any atom is 0.137 e. The van der Waals surface area contributed by atoms with Crippen LogP contribution in [-0.4, -0.2) is 5.78 Å². The summed E-state index contributed by atoms with van der Waals surface area (Å²) in [4.78, 5) is 12.0. The lowest BCUT2D eigenvalue weighted by atomic mass is 9.94. The molecule has 0 amide bonds. The molecule has 0 unspecified atom stereocenters. The molecule has 104 valence electrons. The third-order valence-corrected chi connectivity index (χ3v) is 4.04. The van der Waals surface area contributed by atoms with Crippen LogP contribution in [0.4, 0.5) is 4.39 Å². The average Bonchev–Trinajstić information content (AvgIpc) is 2.80. The van der Waals surface area contributed by atoms with E-state index >= 15 is 0 Å². The van der Waals surface area contributed by atoms with Gasteiger partial charge in [-0.3, -0.25) is 4.79 Å². The largest absolute Gasteiger partial charge is 0.299 e. The number of hydrogen-bond acceptors (Lipinski definition) is 1. The summed E-state index contributed by atoms with van der Waals surface area (Å²) in [5.74, 6) is 0.895. The molecule has 1 fully saturated rings. The van der Waals surface area contributed by atoms with Gasteiger partial charge in [0.15, 0.2) is 0 Å². The number of ketones is 1. The van der Waals surface area contributed by atoms with Gasteiger partial charge in [0, 0.05) is 12.8 Å². The molecule has 0 atom stereocenters. The highest BCUT2D eigenvalue weighted by Gasteiger charge is 2.18. The summed E-state index contributed by atoms with van der Waals surface area (Å²) in [6.07, 6.45) is 5.95. The van der Waals surface area contributed by atoms with Crippen molar-refractivity contribution < 1.29 is 9.18 Å². The first kappa shape index (κ1) is 14.2. The van der Waals surface area contributed by atoms with Crippen molar-refractivity contribution in [2.45, 2.75) is 58.3 Å². The number of carbonyl (C=O) groups is 1. The van der Waals surface area contributed by atoms with Crippen LogP contribution >= 0.6 is 0 Å². The molecule has 0 heterocycles. The van der Waals surface area contributed by atoms with Crippen LogP contribution in [0, 0.1) is 11.7 Å². The zero-order valence-electron chi connectivity index (χ0n) is 11.9. The molecule has 0 aliphatic heterocycles. The second kappa shape index (κ2) is 6.31. The number of rotatable bonds is 5. The number of halogens is 1. The first-order valence-electron chi connectivity index (χ1n) is 7.35. The highest BCUT2D eigenvalue weighted by molar-refractivity contribution is 5.81. The zero-order chi connectivity index (χ0) is 13.8. The van der Waals surface area contributed by atoms with Crippen molar-refractivity contribution in [2.24, 2.45) is 5.92 Å². The fourth-order valence-electron chi connectivity index (χ4n) is 2.95. The smallest absolute Gasteiger partial charge is 0.137 e. The third kappa shape index (κ3) is 4.15. The Hall–Kier alpha value is -1.18. The third-order valence-electron chi connectivity index (χ3n) is 4.04. The van der Waals surface area contributed by atoms with Crippen LogP contribution in [0.1, 0.15) is 63.0 Å². The van der Waals surface area contributed by atoms with Crippen molar-refractivity contribution >= 4 is 5.78 Å². The Balaban J connectivity index is 1.99. The van der Waals surface area contributed by atoms with Gasteiger partial charge in [0.2, 0.25) is 0 Å². The Bertz CT molecular complexity index is 445. The van der Waals surface area contributed by atoms with Gasteiger partial charge in [0.1, 0.15) is 11.6 Å². The van der Waals surface area contributed by atoms with Crippen LogP contribution in [0.5, 0.6) is 0 Å². The van der Waals surface area contributed by atoms with Gasteiger partial charge >= 0.3 is 0 Å². The van der Waals surface area contributed by atoms with Crippen LogP contribution < -0.4 is 0 Å². The number of carbonyl (C=O) groups excluding carboxylic acids is 1. The second-order valence-corrected chi connectivity index (χ2v) is 6.12. The van der Waals surface area contributed by atoms with Gasteiger partial charge in [-0.25, -0.2) is 4.39 Å². The van der Waals surface area contributed by atoms with E-state index in [4.69, 9.17) is 0 Å². The van der Waals surface area contributed by atoms with Gasteiger partial charge in [-0.2, -0.15) is 0 Å². The van der Waals surface area contributed by atoms with Crippen molar-refractivity contribution in [1.82, 2.24) is 0 Å². The molecule has 1 aromatic carbocycles. The highest BCUT2D eigenvalue weighted by atomic mass is 19.1. The van der Waals surface area contributed by atoms with E-state index in [0.29, 0.717) is 24.7 Å². The van der Waals surface area contributed by atoms with E-state index < -0.39 is 0 Å². The lowest BCUT2D eigenvalue weighted by Gasteiger charge is -2.10. The van der Waals surface area contributed by atoms with Crippen molar-refractivity contribution in [3.8, 4) is 0 Å². The minimum absolute atomic E-state index is 0.227. The fourth-order valence-corrected chi connectivity index (χ4v) is 2.95. The normalized spacial score (nSPS) is 16.2. The van der Waals surface area contributed by atoms with E-state index in [9.17, 15) is 9.18 Å². The topological polar surface area (TPSA) is 17.1 Å². The summed E-state index contributed by atoms with van der Waals surface area (Å²) < 4.78 is 13.5. The van der Waals surface area contributed by atoms with E-state index in [1.807, 2.05) is 19.9 Å². The van der Waals surface area contributed by atoms with E-state index in [2.05, 4.69) is 0 Å². The molecular formula is C17H23FO. The van der Waals surface area contributed by atoms with E-state index in [-0.39, 0.29) is 11.6 Å². The summed E-state index contributed by atoms with van der Waals surface area (Å²) in [6, 6.07) is 5.04. The average molecular weight is 262 g/mol. The van der Waals surface area contributed by atoms with E-state index in [0.717, 1.165) is 11.1 Å². The Labute approximate surface area is 115 Å². The summed E-state index contributed by atoms with van der Waals surface area (Å²) in [7, 11) is 0. The summed E-state index contributed by atoms with van der Waals surface area (Å²) in [5, 5.41) is 0. The molecule has 0 saturated heterocycles. The molecule has 0 radical (unpaired) electrons. The summed E-state index contributed by atoms with van der Waals surface area (Å²) in [6.45, 7) is 4.08. The molecular weight excluding hydrogens is 239 g/mol. The van der Waals surface area contributed by atoms with Crippen LogP contribution in [0.15, 0.2) is 18.2 Å². The molecule has 19 heavy (non-hydrogen) atoms. The molecule has 1 aromatic rings. The standard InChI is InChI=1S/C17H23FO/c1-12(2)15-7-14(8-16(18)11-15)10-17(19)9-13-5-3-4-6-13/h7-8,11-13H,3-6,9-10H2,1-2H3. The predicted molar refractivity (Wildman–Crippen MR) is 75.8 cm³/mol. The molecule has 1 nitrogen and oxygen atoms in total. The molecule has 1 aliphatic rings. The summed E-state index contributed by atoms with van der Waals surface area (Å²) in [5.41, 5.74) is 1.80. The molecule has 2 rings (SSSR count). The van der Waals surface area contributed by atoms with Gasteiger partial charge in [-0.1, -0.05) is 45.6 Å². The highest BCUT2D eigenvalue weighted by Crippen LogP contribution is 2.28. The molecule has 0 aromatic heterocycles. The molecule has 1 saturated carbocycles. The summed E-state index contributed by atoms with van der Waals surface area (Å²) >= 11 is 0. The van der Waals surface area contributed by atoms with Crippen LogP contribution in [0.3, 0.4) is 0 Å². The lowest BCUT2D eigenvalue weighted by Crippen LogP contribution is -2.09. The number of Topliss-reactive ketones (excluding diaryl/α,β-unsaturated/α-hetero) is 1. The maximum absolute atomic E-state index is 13.5. The monoisotopic (exact) mass is 262 g/mol. The Kier molecular flexibility index (Phi) is 4.73. The molecule has 0 spiro atoms. The minimum Gasteiger partial charge on any atom is -0.299 e. The Morgan fingerprint density at radius 3 is 2.58 bits per heavy atom. The van der Waals surface area contributed by atoms with Crippen molar-refractivity contribution in [3.05, 3.63) is 35.1 Å². The second-order valence-electron chi connectivity index (χ2n) is 6.12. The van der Waals surface area contributed by atoms with Crippen molar-refractivity contribution in [3.63, 3.8) is 0 Å². The maximum atomic E-state index is 13.5. The van der Waals surface area contributed by atoms with E-state index in [1.165, 1.54) is 31.7 Å². The van der Waals surface area contributed by atoms with Crippen LogP contribution in [0.25, 0.3) is 0 Å². The lowest BCUT2D eigenvalue weighted by molar-refractivity contribution is -0.119. The van der Waals surface area contributed by atoms with Crippen LogP contribution in [-0.2, 0) is 11.2 Å². The predicted octanol–water partition coefficient (Wildman–Crippen LogP) is 4.64. The van der Waals surface area contributed by atoms with Crippen molar-refractivity contribution in [1.29, 1.82) is 0 Å².